The van der Waals surface area contributed by atoms with E-state index in [1.165, 1.54) is 36.9 Å². The zero-order valence-electron chi connectivity index (χ0n) is 17.1. The molecule has 2 aromatic rings. The highest BCUT2D eigenvalue weighted by Crippen LogP contribution is 2.33. The number of benzene rings is 1. The Hall–Kier alpha value is -2.50. The summed E-state index contributed by atoms with van der Waals surface area (Å²) >= 11 is 0. The maximum absolute atomic E-state index is 12.4. The average Bonchev–Trinajstić information content (AvgIpc) is 3.36. The Morgan fingerprint density at radius 1 is 1.25 bits per heavy atom. The summed E-state index contributed by atoms with van der Waals surface area (Å²) in [7, 11) is 1.78. The molecule has 1 amide bonds. The van der Waals surface area contributed by atoms with Crippen LogP contribution in [0.2, 0.25) is 0 Å². The number of rotatable bonds is 10. The zero-order valence-corrected chi connectivity index (χ0v) is 17.1. The maximum Gasteiger partial charge on any atom is 0.414 e. The lowest BCUT2D eigenvalue weighted by Gasteiger charge is -2.22. The fraction of sp³-hybridized carbons (Fsp3) is 0.545. The molecule has 1 aromatic carbocycles. The van der Waals surface area contributed by atoms with Gasteiger partial charge in [0.15, 0.2) is 0 Å². The van der Waals surface area contributed by atoms with Gasteiger partial charge in [0.25, 0.3) is 0 Å². The van der Waals surface area contributed by atoms with Gasteiger partial charge in [-0.1, -0.05) is 45.1 Å². The minimum atomic E-state index is -0.287. The van der Waals surface area contributed by atoms with Crippen LogP contribution in [0.4, 0.5) is 16.2 Å². The molecule has 1 N–H and O–H groups in total. The number of nitrogens with one attached hydrogen (secondary N) is 1. The lowest BCUT2D eigenvalue weighted by atomic mass is 10.1. The Balaban J connectivity index is 1.51. The zero-order chi connectivity index (χ0) is 19.8. The number of H-pyrrole nitrogens is 1. The SMILES string of the molecule is CCCCCCCCOC(=O)N(C)c1ccc2c(c1)N(Cc1c[nH]cn1)CC2. The Labute approximate surface area is 167 Å². The van der Waals surface area contributed by atoms with Crippen LogP contribution >= 0.6 is 0 Å². The fourth-order valence-electron chi connectivity index (χ4n) is 3.62. The van der Waals surface area contributed by atoms with Crippen LogP contribution in [0.5, 0.6) is 0 Å². The van der Waals surface area contributed by atoms with Crippen LogP contribution in [-0.2, 0) is 17.7 Å². The second-order valence-electron chi connectivity index (χ2n) is 7.49. The smallest absolute Gasteiger partial charge is 0.414 e. The minimum Gasteiger partial charge on any atom is -0.449 e. The number of carbonyl (C=O) groups excluding carboxylic acids is 1. The predicted octanol–water partition coefficient (Wildman–Crippen LogP) is 4.91. The third kappa shape index (κ3) is 5.27. The Morgan fingerprint density at radius 3 is 2.86 bits per heavy atom. The fourth-order valence-corrected chi connectivity index (χ4v) is 3.62. The Bertz CT molecular complexity index is 745. The third-order valence-electron chi connectivity index (χ3n) is 5.35. The molecule has 0 aliphatic carbocycles. The molecule has 0 bridgehead atoms. The molecule has 0 unspecified atom stereocenters. The van der Waals surface area contributed by atoms with E-state index in [1.807, 2.05) is 12.3 Å². The molecule has 0 fully saturated rings. The second kappa shape index (κ2) is 10.2. The Morgan fingerprint density at radius 2 is 2.07 bits per heavy atom. The van der Waals surface area contributed by atoms with Gasteiger partial charge >= 0.3 is 6.09 Å². The van der Waals surface area contributed by atoms with E-state index in [-0.39, 0.29) is 6.09 Å². The number of hydrogen-bond acceptors (Lipinski definition) is 4. The van der Waals surface area contributed by atoms with Gasteiger partial charge < -0.3 is 14.6 Å². The van der Waals surface area contributed by atoms with Crippen LogP contribution in [0.1, 0.15) is 56.7 Å². The number of unbranched alkanes of at least 4 members (excludes halogenated alkanes) is 5. The van der Waals surface area contributed by atoms with Gasteiger partial charge in [0.2, 0.25) is 0 Å². The van der Waals surface area contributed by atoms with Crippen molar-refractivity contribution in [3.05, 3.63) is 42.0 Å². The molecule has 0 radical (unpaired) electrons. The first-order chi connectivity index (χ1) is 13.7. The number of imidazole rings is 1. The van der Waals surface area contributed by atoms with Gasteiger partial charge in [-0.3, -0.25) is 4.90 Å². The summed E-state index contributed by atoms with van der Waals surface area (Å²) < 4.78 is 5.46. The molecule has 6 heteroatoms. The summed E-state index contributed by atoms with van der Waals surface area (Å²) in [4.78, 5) is 23.6. The van der Waals surface area contributed by atoms with Crippen molar-refractivity contribution in [3.63, 3.8) is 0 Å². The van der Waals surface area contributed by atoms with Gasteiger partial charge in [0, 0.05) is 31.2 Å². The quantitative estimate of drug-likeness (QED) is 0.592. The first kappa shape index (κ1) is 20.2. The second-order valence-corrected chi connectivity index (χ2v) is 7.49. The molecule has 152 valence electrons. The summed E-state index contributed by atoms with van der Waals surface area (Å²) in [5.41, 5.74) is 4.37. The molecule has 28 heavy (non-hydrogen) atoms. The molecular formula is C22H32N4O2. The topological polar surface area (TPSA) is 61.5 Å². The molecule has 0 spiro atoms. The van der Waals surface area contributed by atoms with Crippen LogP contribution in [0, 0.1) is 0 Å². The van der Waals surface area contributed by atoms with E-state index in [9.17, 15) is 4.79 Å². The minimum absolute atomic E-state index is 0.287. The lowest BCUT2D eigenvalue weighted by molar-refractivity contribution is 0.152. The summed E-state index contributed by atoms with van der Waals surface area (Å²) in [6, 6.07) is 6.20. The van der Waals surface area contributed by atoms with Gasteiger partial charge in [-0.15, -0.1) is 0 Å². The van der Waals surface area contributed by atoms with Crippen LogP contribution in [0.3, 0.4) is 0 Å². The monoisotopic (exact) mass is 384 g/mol. The first-order valence-electron chi connectivity index (χ1n) is 10.4. The van der Waals surface area contributed by atoms with Gasteiger partial charge in [-0.25, -0.2) is 9.78 Å². The lowest BCUT2D eigenvalue weighted by Crippen LogP contribution is -2.27. The molecule has 0 saturated heterocycles. The van der Waals surface area contributed by atoms with Crippen LogP contribution < -0.4 is 9.80 Å². The molecular weight excluding hydrogens is 352 g/mol. The predicted molar refractivity (Wildman–Crippen MR) is 113 cm³/mol. The van der Waals surface area contributed by atoms with E-state index >= 15 is 0 Å². The summed E-state index contributed by atoms with van der Waals surface area (Å²) in [5, 5.41) is 0. The van der Waals surface area contributed by atoms with Crippen molar-refractivity contribution in [3.8, 4) is 0 Å². The highest BCUT2D eigenvalue weighted by Gasteiger charge is 2.22. The van der Waals surface area contributed by atoms with E-state index in [2.05, 4.69) is 33.9 Å². The van der Waals surface area contributed by atoms with Gasteiger partial charge in [-0.05, 0) is 30.5 Å². The van der Waals surface area contributed by atoms with Crippen molar-refractivity contribution in [1.82, 2.24) is 9.97 Å². The van der Waals surface area contributed by atoms with E-state index in [0.29, 0.717) is 6.61 Å². The molecule has 1 aliphatic heterocycles. The number of ether oxygens (including phenoxy) is 1. The van der Waals surface area contributed by atoms with Crippen molar-refractivity contribution in [2.75, 3.05) is 30.0 Å². The number of anilines is 2. The normalized spacial score (nSPS) is 12.9. The number of nitrogens with zero attached hydrogens (tertiary/aromatic N) is 3. The van der Waals surface area contributed by atoms with Crippen LogP contribution in [-0.4, -0.2) is 36.3 Å². The van der Waals surface area contributed by atoms with Crippen molar-refractivity contribution < 1.29 is 9.53 Å². The number of fused-ring (bicyclic) bond motifs is 1. The number of hydrogen-bond donors (Lipinski definition) is 1. The number of aromatic amines is 1. The number of carbonyl (C=O) groups is 1. The van der Waals surface area contributed by atoms with Gasteiger partial charge in [0.1, 0.15) is 0 Å². The third-order valence-corrected chi connectivity index (χ3v) is 5.35. The molecule has 0 atom stereocenters. The molecule has 6 nitrogen and oxygen atoms in total. The highest BCUT2D eigenvalue weighted by molar-refractivity contribution is 5.88. The molecule has 1 aliphatic rings. The van der Waals surface area contributed by atoms with E-state index in [4.69, 9.17) is 4.74 Å². The van der Waals surface area contributed by atoms with Crippen molar-refractivity contribution in [1.29, 1.82) is 0 Å². The molecule has 1 aromatic heterocycles. The standard InChI is InChI=1S/C22H32N4O2/c1-3-4-5-6-7-8-13-28-22(27)25(2)20-10-9-18-11-12-26(21(18)14-20)16-19-15-23-17-24-19/h9-10,14-15,17H,3-8,11-13,16H2,1-2H3,(H,23,24). The Kier molecular flexibility index (Phi) is 7.34. The number of aromatic nitrogens is 2. The van der Waals surface area contributed by atoms with Crippen molar-refractivity contribution in [2.24, 2.45) is 0 Å². The highest BCUT2D eigenvalue weighted by atomic mass is 16.6. The summed E-state index contributed by atoms with van der Waals surface area (Å²) in [6.45, 7) is 4.45. The molecule has 2 heterocycles. The molecule has 0 saturated carbocycles. The van der Waals surface area contributed by atoms with E-state index < -0.39 is 0 Å². The largest absolute Gasteiger partial charge is 0.449 e. The first-order valence-corrected chi connectivity index (χ1v) is 10.4. The van der Waals surface area contributed by atoms with Crippen molar-refractivity contribution in [2.45, 2.75) is 58.4 Å². The average molecular weight is 385 g/mol. The summed E-state index contributed by atoms with van der Waals surface area (Å²) in [6.07, 6.45) is 11.5. The maximum atomic E-state index is 12.4. The van der Waals surface area contributed by atoms with E-state index in [0.717, 1.165) is 43.7 Å². The summed E-state index contributed by atoms with van der Waals surface area (Å²) in [5.74, 6) is 0. The number of amides is 1. The van der Waals surface area contributed by atoms with Crippen LogP contribution in [0.25, 0.3) is 0 Å². The molecule has 3 rings (SSSR count). The van der Waals surface area contributed by atoms with Gasteiger partial charge in [0.05, 0.1) is 25.2 Å². The van der Waals surface area contributed by atoms with E-state index in [1.54, 1.807) is 18.3 Å². The van der Waals surface area contributed by atoms with Crippen LogP contribution in [0.15, 0.2) is 30.7 Å². The van der Waals surface area contributed by atoms with Gasteiger partial charge in [-0.2, -0.15) is 0 Å². The van der Waals surface area contributed by atoms with Crippen molar-refractivity contribution >= 4 is 17.5 Å².